The van der Waals surface area contributed by atoms with Crippen LogP contribution in [-0.2, 0) is 6.54 Å². The molecule has 21 heavy (non-hydrogen) atoms. The van der Waals surface area contributed by atoms with E-state index in [0.717, 1.165) is 15.7 Å². The van der Waals surface area contributed by atoms with E-state index >= 15 is 0 Å². The van der Waals surface area contributed by atoms with Crippen molar-refractivity contribution < 1.29 is 4.79 Å². The zero-order chi connectivity index (χ0) is 14.7. The molecule has 0 radical (unpaired) electrons. The highest BCUT2D eigenvalue weighted by atomic mass is 79.9. The molecule has 0 saturated heterocycles. The van der Waals surface area contributed by atoms with E-state index in [2.05, 4.69) is 31.3 Å². The van der Waals surface area contributed by atoms with Crippen LogP contribution in [0.4, 0.5) is 0 Å². The predicted molar refractivity (Wildman–Crippen MR) is 83.2 cm³/mol. The van der Waals surface area contributed by atoms with Crippen molar-refractivity contribution in [2.75, 3.05) is 0 Å². The molecule has 0 bridgehead atoms. The summed E-state index contributed by atoms with van der Waals surface area (Å²) < 4.78 is 2.64. The number of carbonyl (C=O) groups excluding carboxylic acids is 1. The summed E-state index contributed by atoms with van der Waals surface area (Å²) in [5.41, 5.74) is 2.46. The number of nitrogens with one attached hydrogen (secondary N) is 2. The first-order chi connectivity index (χ1) is 10.2. The average molecular weight is 345 g/mol. The van der Waals surface area contributed by atoms with Crippen molar-refractivity contribution in [2.45, 2.75) is 6.54 Å². The number of hydrogen-bond acceptors (Lipinski definition) is 2. The molecule has 5 nitrogen and oxygen atoms in total. The van der Waals surface area contributed by atoms with Crippen molar-refractivity contribution in [3.63, 3.8) is 0 Å². The molecule has 2 heterocycles. The zero-order valence-corrected chi connectivity index (χ0v) is 12.7. The van der Waals surface area contributed by atoms with E-state index in [4.69, 9.17) is 0 Å². The topological polar surface area (TPSA) is 62.7 Å². The fraction of sp³-hybridized carbons (Fsp3) is 0.0667. The van der Waals surface area contributed by atoms with Gasteiger partial charge in [0.1, 0.15) is 5.69 Å². The van der Waals surface area contributed by atoms with E-state index in [1.807, 2.05) is 36.5 Å². The first kappa shape index (κ1) is 13.6. The van der Waals surface area contributed by atoms with Crippen LogP contribution in [0.25, 0.3) is 5.69 Å². The van der Waals surface area contributed by atoms with Crippen molar-refractivity contribution >= 4 is 21.8 Å². The number of nitrogens with zero attached hydrogens (tertiary/aromatic N) is 2. The fourth-order valence-electron chi connectivity index (χ4n) is 1.95. The van der Waals surface area contributed by atoms with E-state index < -0.39 is 0 Å². The molecule has 6 heteroatoms. The van der Waals surface area contributed by atoms with Gasteiger partial charge in [0.15, 0.2) is 0 Å². The maximum atomic E-state index is 11.9. The third-order valence-corrected chi connectivity index (χ3v) is 3.46. The smallest absolute Gasteiger partial charge is 0.268 e. The van der Waals surface area contributed by atoms with Gasteiger partial charge in [0.2, 0.25) is 0 Å². The number of benzene rings is 1. The van der Waals surface area contributed by atoms with Crippen LogP contribution in [0.2, 0.25) is 0 Å². The summed E-state index contributed by atoms with van der Waals surface area (Å²) in [6.07, 6.45) is 5.38. The summed E-state index contributed by atoms with van der Waals surface area (Å²) in [5.74, 6) is -0.145. The van der Waals surface area contributed by atoms with Crippen LogP contribution in [-0.4, -0.2) is 20.7 Å². The maximum Gasteiger partial charge on any atom is 0.268 e. The Kier molecular flexibility index (Phi) is 3.87. The van der Waals surface area contributed by atoms with Gasteiger partial charge in [0.25, 0.3) is 5.91 Å². The molecule has 2 N–H and O–H groups in total. The predicted octanol–water partition coefficient (Wildman–Crippen LogP) is 2.89. The second kappa shape index (κ2) is 5.97. The minimum absolute atomic E-state index is 0.145. The number of carbonyl (C=O) groups is 1. The van der Waals surface area contributed by atoms with E-state index in [9.17, 15) is 4.79 Å². The summed E-state index contributed by atoms with van der Waals surface area (Å²) in [6.45, 7) is 0.433. The lowest BCUT2D eigenvalue weighted by Crippen LogP contribution is -2.22. The Labute approximate surface area is 130 Å². The minimum Gasteiger partial charge on any atom is -0.356 e. The van der Waals surface area contributed by atoms with Crippen LogP contribution < -0.4 is 5.32 Å². The Hall–Kier alpha value is -2.34. The highest BCUT2D eigenvalue weighted by Crippen LogP contribution is 2.11. The molecule has 3 aromatic rings. The Bertz CT molecular complexity index is 748. The van der Waals surface area contributed by atoms with Gasteiger partial charge in [-0.2, -0.15) is 5.10 Å². The molecule has 1 amide bonds. The van der Waals surface area contributed by atoms with E-state index in [1.165, 1.54) is 0 Å². The lowest BCUT2D eigenvalue weighted by Gasteiger charge is -2.01. The number of halogens is 1. The summed E-state index contributed by atoms with van der Waals surface area (Å²) in [5, 5.41) is 7.14. The van der Waals surface area contributed by atoms with Gasteiger partial charge in [-0.05, 0) is 34.1 Å². The Balaban J connectivity index is 1.64. The molecule has 0 atom stereocenters. The van der Waals surface area contributed by atoms with Gasteiger partial charge >= 0.3 is 0 Å². The Morgan fingerprint density at radius 1 is 1.33 bits per heavy atom. The van der Waals surface area contributed by atoms with Gasteiger partial charge < -0.3 is 10.3 Å². The minimum atomic E-state index is -0.145. The molecule has 0 aliphatic heterocycles. The van der Waals surface area contributed by atoms with Crippen molar-refractivity contribution in [3.05, 3.63) is 70.7 Å². The normalized spacial score (nSPS) is 10.5. The van der Waals surface area contributed by atoms with Gasteiger partial charge in [0.05, 0.1) is 11.9 Å². The van der Waals surface area contributed by atoms with Crippen LogP contribution in [0.15, 0.2) is 59.5 Å². The molecule has 0 aliphatic rings. The van der Waals surface area contributed by atoms with Gasteiger partial charge in [-0.25, -0.2) is 4.68 Å². The van der Waals surface area contributed by atoms with Crippen molar-refractivity contribution in [1.82, 2.24) is 20.1 Å². The number of H-pyrrole nitrogens is 1. The van der Waals surface area contributed by atoms with E-state index in [1.54, 1.807) is 23.1 Å². The second-order valence-corrected chi connectivity index (χ2v) is 5.46. The number of hydrogen-bond donors (Lipinski definition) is 2. The highest BCUT2D eigenvalue weighted by molar-refractivity contribution is 9.10. The quantitative estimate of drug-likeness (QED) is 0.764. The third kappa shape index (κ3) is 3.22. The third-order valence-electron chi connectivity index (χ3n) is 3.00. The maximum absolute atomic E-state index is 11.9. The highest BCUT2D eigenvalue weighted by Gasteiger charge is 2.08. The lowest BCUT2D eigenvalue weighted by atomic mass is 10.3. The number of para-hydroxylation sites is 1. The van der Waals surface area contributed by atoms with E-state index in [-0.39, 0.29) is 5.91 Å². The van der Waals surface area contributed by atoms with Crippen molar-refractivity contribution in [2.24, 2.45) is 0 Å². The van der Waals surface area contributed by atoms with Crippen LogP contribution in [0, 0.1) is 0 Å². The molecule has 0 aliphatic carbocycles. The molecule has 0 spiro atoms. The van der Waals surface area contributed by atoms with Crippen LogP contribution in [0.3, 0.4) is 0 Å². The molecule has 0 fully saturated rings. The molecule has 0 unspecified atom stereocenters. The monoisotopic (exact) mass is 344 g/mol. The molecular weight excluding hydrogens is 332 g/mol. The average Bonchev–Trinajstić information content (AvgIpc) is 3.15. The van der Waals surface area contributed by atoms with Crippen molar-refractivity contribution in [3.8, 4) is 5.69 Å². The summed E-state index contributed by atoms with van der Waals surface area (Å²) in [4.78, 5) is 14.8. The van der Waals surface area contributed by atoms with Crippen LogP contribution >= 0.6 is 15.9 Å². The summed E-state index contributed by atoms with van der Waals surface area (Å²) >= 11 is 3.30. The largest absolute Gasteiger partial charge is 0.356 e. The van der Waals surface area contributed by atoms with Gasteiger partial charge in [0, 0.05) is 29.0 Å². The number of aromatic amines is 1. The molecule has 3 rings (SSSR count). The van der Waals surface area contributed by atoms with E-state index in [0.29, 0.717) is 12.2 Å². The first-order valence-electron chi connectivity index (χ1n) is 6.43. The van der Waals surface area contributed by atoms with Crippen LogP contribution in [0.5, 0.6) is 0 Å². The molecular formula is C15H13BrN4O. The SMILES string of the molecule is O=C(NCc1cnn(-c2ccccc2)c1)c1cc(Br)c[nH]1. The standard InChI is InChI=1S/C15H13BrN4O/c16-12-6-14(17-9-12)15(21)18-7-11-8-19-20(10-11)13-4-2-1-3-5-13/h1-6,8-10,17H,7H2,(H,18,21). The van der Waals surface area contributed by atoms with Gasteiger partial charge in [-0.1, -0.05) is 18.2 Å². The van der Waals surface area contributed by atoms with Gasteiger partial charge in [-0.15, -0.1) is 0 Å². The van der Waals surface area contributed by atoms with Crippen LogP contribution in [0.1, 0.15) is 16.1 Å². The number of rotatable bonds is 4. The van der Waals surface area contributed by atoms with Gasteiger partial charge in [-0.3, -0.25) is 4.79 Å². The zero-order valence-electron chi connectivity index (χ0n) is 11.1. The summed E-state index contributed by atoms with van der Waals surface area (Å²) in [7, 11) is 0. The number of aromatic nitrogens is 3. The summed E-state index contributed by atoms with van der Waals surface area (Å²) in [6, 6.07) is 11.6. The lowest BCUT2D eigenvalue weighted by molar-refractivity contribution is 0.0946. The Morgan fingerprint density at radius 3 is 2.86 bits per heavy atom. The molecule has 1 aromatic carbocycles. The fourth-order valence-corrected chi connectivity index (χ4v) is 2.29. The Morgan fingerprint density at radius 2 is 2.14 bits per heavy atom. The van der Waals surface area contributed by atoms with Crippen molar-refractivity contribution in [1.29, 1.82) is 0 Å². The second-order valence-electron chi connectivity index (χ2n) is 4.54. The molecule has 2 aromatic heterocycles. The first-order valence-corrected chi connectivity index (χ1v) is 7.23. The number of amides is 1. The molecule has 106 valence electrons. The molecule has 0 saturated carbocycles.